The summed E-state index contributed by atoms with van der Waals surface area (Å²) < 4.78 is 12.9. The molecule has 8 rings (SSSR count). The lowest BCUT2D eigenvalue weighted by Crippen LogP contribution is -2.36. The van der Waals surface area contributed by atoms with Crippen molar-refractivity contribution in [3.63, 3.8) is 0 Å². The van der Waals surface area contributed by atoms with Gasteiger partial charge in [0.25, 0.3) is 0 Å². The third-order valence-electron chi connectivity index (χ3n) is 8.53. The minimum Gasteiger partial charge on any atom is -0.472 e. The lowest BCUT2D eigenvalue weighted by atomic mass is 9.82. The second kappa shape index (κ2) is 9.25. The Bertz CT molecular complexity index is 1870. The first kappa shape index (κ1) is 23.3. The minimum atomic E-state index is -0.751. The summed E-state index contributed by atoms with van der Waals surface area (Å²) in [6.45, 7) is 3.38. The summed E-state index contributed by atoms with van der Waals surface area (Å²) in [4.78, 5) is 2.39. The van der Waals surface area contributed by atoms with E-state index in [0.29, 0.717) is 0 Å². The molecule has 1 saturated heterocycles. The Hall–Kier alpha value is -4.60. The van der Waals surface area contributed by atoms with E-state index in [1.54, 1.807) is 0 Å². The number of hydrogen-bond donors (Lipinski definition) is 0. The number of ether oxygens (including phenoxy) is 2. The molecule has 6 aromatic carbocycles. The highest BCUT2D eigenvalue weighted by Crippen LogP contribution is 2.48. The topological polar surface area (TPSA) is 21.7 Å². The molecule has 2 aliphatic rings. The van der Waals surface area contributed by atoms with Crippen molar-refractivity contribution >= 4 is 44.1 Å². The quantitative estimate of drug-likeness (QED) is 0.219. The number of anilines is 1. The lowest BCUT2D eigenvalue weighted by molar-refractivity contribution is 0.122. The van der Waals surface area contributed by atoms with E-state index in [4.69, 9.17) is 9.47 Å². The zero-order chi connectivity index (χ0) is 26.5. The summed E-state index contributed by atoms with van der Waals surface area (Å²) in [7, 11) is 0. The van der Waals surface area contributed by atoms with Crippen molar-refractivity contribution in [1.82, 2.24) is 0 Å². The maximum Gasteiger partial charge on any atom is 0.178 e. The standard InChI is InChI=1S/C37H29NO2/c1-2-8-27(9-3-1)37(28-15-17-29(18-16-28)38-22-24-39-25-23-38)21-20-26-14-19-34-32-12-5-4-10-30(32)31-11-6-7-13-33(31)35(34)36(26)40-37/h1-21H,22-25H2. The number of benzene rings is 6. The lowest BCUT2D eigenvalue weighted by Gasteiger charge is -2.37. The average molecular weight is 520 g/mol. The van der Waals surface area contributed by atoms with Crippen LogP contribution in [-0.4, -0.2) is 26.3 Å². The molecular weight excluding hydrogens is 490 g/mol. The first-order valence-electron chi connectivity index (χ1n) is 14.0. The van der Waals surface area contributed by atoms with Gasteiger partial charge in [0.15, 0.2) is 5.60 Å². The van der Waals surface area contributed by atoms with Crippen molar-refractivity contribution in [3.05, 3.63) is 138 Å². The first-order chi connectivity index (χ1) is 19.8. The van der Waals surface area contributed by atoms with Crippen LogP contribution in [-0.2, 0) is 10.3 Å². The van der Waals surface area contributed by atoms with Crippen molar-refractivity contribution in [2.45, 2.75) is 5.60 Å². The molecule has 194 valence electrons. The van der Waals surface area contributed by atoms with Crippen molar-refractivity contribution in [1.29, 1.82) is 0 Å². The molecule has 0 aromatic heterocycles. The van der Waals surface area contributed by atoms with Gasteiger partial charge in [-0.25, -0.2) is 0 Å². The normalized spacial score (nSPS) is 18.6. The average Bonchev–Trinajstić information content (AvgIpc) is 3.05. The maximum absolute atomic E-state index is 7.33. The van der Waals surface area contributed by atoms with Crippen LogP contribution >= 0.6 is 0 Å². The summed E-state index contributed by atoms with van der Waals surface area (Å²) in [5, 5.41) is 7.36. The second-order valence-electron chi connectivity index (χ2n) is 10.7. The van der Waals surface area contributed by atoms with Gasteiger partial charge in [-0.2, -0.15) is 0 Å². The molecule has 2 aliphatic heterocycles. The van der Waals surface area contributed by atoms with E-state index in [1.165, 1.54) is 38.0 Å². The minimum absolute atomic E-state index is 0.751. The van der Waals surface area contributed by atoms with Crippen LogP contribution in [0.5, 0.6) is 5.75 Å². The molecule has 40 heavy (non-hydrogen) atoms. The van der Waals surface area contributed by atoms with Crippen LogP contribution in [0, 0.1) is 0 Å². The van der Waals surface area contributed by atoms with Crippen LogP contribution in [0.4, 0.5) is 5.69 Å². The van der Waals surface area contributed by atoms with Crippen LogP contribution in [0.3, 0.4) is 0 Å². The van der Waals surface area contributed by atoms with Gasteiger partial charge in [0.1, 0.15) is 5.75 Å². The summed E-state index contributed by atoms with van der Waals surface area (Å²) in [5.41, 5.74) is 3.79. The fraction of sp³-hybridized carbons (Fsp3) is 0.135. The first-order valence-corrected chi connectivity index (χ1v) is 14.0. The van der Waals surface area contributed by atoms with Crippen LogP contribution < -0.4 is 9.64 Å². The van der Waals surface area contributed by atoms with Crippen LogP contribution in [0.25, 0.3) is 38.4 Å². The summed E-state index contributed by atoms with van der Waals surface area (Å²) in [6.07, 6.45) is 4.47. The van der Waals surface area contributed by atoms with Gasteiger partial charge < -0.3 is 14.4 Å². The molecule has 0 aliphatic carbocycles. The van der Waals surface area contributed by atoms with E-state index in [9.17, 15) is 0 Å². The molecule has 2 heterocycles. The molecule has 1 fully saturated rings. The van der Waals surface area contributed by atoms with E-state index in [-0.39, 0.29) is 0 Å². The predicted octanol–water partition coefficient (Wildman–Crippen LogP) is 8.33. The fourth-order valence-electron chi connectivity index (χ4n) is 6.53. The van der Waals surface area contributed by atoms with Gasteiger partial charge in [-0.1, -0.05) is 109 Å². The molecule has 0 radical (unpaired) electrons. The zero-order valence-electron chi connectivity index (χ0n) is 22.2. The monoisotopic (exact) mass is 519 g/mol. The molecule has 3 nitrogen and oxygen atoms in total. The molecular formula is C37H29NO2. The zero-order valence-corrected chi connectivity index (χ0v) is 22.2. The smallest absolute Gasteiger partial charge is 0.178 e. The molecule has 0 spiro atoms. The van der Waals surface area contributed by atoms with Gasteiger partial charge in [-0.05, 0) is 45.1 Å². The van der Waals surface area contributed by atoms with E-state index < -0.39 is 5.60 Å². The highest BCUT2D eigenvalue weighted by Gasteiger charge is 2.38. The Morgan fingerprint density at radius 3 is 1.82 bits per heavy atom. The fourth-order valence-corrected chi connectivity index (χ4v) is 6.53. The van der Waals surface area contributed by atoms with Crippen molar-refractivity contribution < 1.29 is 9.47 Å². The predicted molar refractivity (Wildman–Crippen MR) is 165 cm³/mol. The Kier molecular flexibility index (Phi) is 5.39. The second-order valence-corrected chi connectivity index (χ2v) is 10.7. The molecule has 1 unspecified atom stereocenters. The Morgan fingerprint density at radius 1 is 0.550 bits per heavy atom. The van der Waals surface area contributed by atoms with Crippen molar-refractivity contribution in [3.8, 4) is 5.75 Å². The Morgan fingerprint density at radius 2 is 1.12 bits per heavy atom. The molecule has 0 bridgehead atoms. The Balaban J connectivity index is 1.36. The third-order valence-corrected chi connectivity index (χ3v) is 8.53. The maximum atomic E-state index is 7.33. The number of fused-ring (bicyclic) bond motifs is 8. The third kappa shape index (κ3) is 3.55. The number of rotatable bonds is 3. The van der Waals surface area contributed by atoms with E-state index in [1.807, 2.05) is 0 Å². The highest BCUT2D eigenvalue weighted by molar-refractivity contribution is 6.27. The van der Waals surface area contributed by atoms with Gasteiger partial charge in [0.2, 0.25) is 0 Å². The molecule has 0 amide bonds. The molecule has 0 N–H and O–H groups in total. The van der Waals surface area contributed by atoms with Gasteiger partial charge in [-0.3, -0.25) is 0 Å². The van der Waals surface area contributed by atoms with Crippen molar-refractivity contribution in [2.75, 3.05) is 31.2 Å². The SMILES string of the molecule is C1=CC(c2ccccc2)(c2ccc(N3CCOCC3)cc2)Oc2c1ccc1c3ccccc3c3ccccc3c21. The summed E-state index contributed by atoms with van der Waals surface area (Å²) >= 11 is 0. The molecule has 6 aromatic rings. The number of hydrogen-bond acceptors (Lipinski definition) is 3. The van der Waals surface area contributed by atoms with Gasteiger partial charge in [-0.15, -0.1) is 0 Å². The van der Waals surface area contributed by atoms with Gasteiger partial charge >= 0.3 is 0 Å². The molecule has 3 heteroatoms. The van der Waals surface area contributed by atoms with E-state index >= 15 is 0 Å². The van der Waals surface area contributed by atoms with Crippen LogP contribution in [0.15, 0.2) is 121 Å². The van der Waals surface area contributed by atoms with Gasteiger partial charge in [0.05, 0.1) is 13.2 Å². The summed E-state index contributed by atoms with van der Waals surface area (Å²) in [5.74, 6) is 0.933. The molecule has 0 saturated carbocycles. The molecule has 1 atom stereocenters. The van der Waals surface area contributed by atoms with E-state index in [2.05, 4.69) is 132 Å². The highest BCUT2D eigenvalue weighted by atomic mass is 16.5. The summed E-state index contributed by atoms with van der Waals surface area (Å²) in [6, 6.07) is 41.4. The van der Waals surface area contributed by atoms with Gasteiger partial charge in [0, 0.05) is 40.9 Å². The van der Waals surface area contributed by atoms with E-state index in [0.717, 1.165) is 48.7 Å². The Labute approximate surface area is 233 Å². The number of morpholine rings is 1. The largest absolute Gasteiger partial charge is 0.472 e. The van der Waals surface area contributed by atoms with Crippen LogP contribution in [0.1, 0.15) is 16.7 Å². The van der Waals surface area contributed by atoms with Crippen LogP contribution in [0.2, 0.25) is 0 Å². The van der Waals surface area contributed by atoms with Crippen molar-refractivity contribution in [2.24, 2.45) is 0 Å². The number of nitrogens with zero attached hydrogens (tertiary/aromatic N) is 1.